The van der Waals surface area contributed by atoms with Crippen molar-refractivity contribution in [3.8, 4) is 0 Å². The molecule has 0 unspecified atom stereocenters. The Morgan fingerprint density at radius 1 is 1.26 bits per heavy atom. The smallest absolute Gasteiger partial charge is 0.268 e. The number of aliphatic hydroxyl groups excluding tert-OH is 1. The van der Waals surface area contributed by atoms with Crippen molar-refractivity contribution in [2.24, 2.45) is 0 Å². The molecule has 6 nitrogen and oxygen atoms in total. The fourth-order valence-electron chi connectivity index (χ4n) is 1.34. The molecule has 0 fully saturated rings. The van der Waals surface area contributed by atoms with Crippen molar-refractivity contribution in [3.63, 3.8) is 0 Å². The first-order valence-electron chi connectivity index (χ1n) is 5.24. The number of amides is 2. The van der Waals surface area contributed by atoms with Crippen molar-refractivity contribution in [2.75, 3.05) is 0 Å². The highest BCUT2D eigenvalue weighted by Crippen LogP contribution is 2.09. The molecule has 2 atom stereocenters. The lowest BCUT2D eigenvalue weighted by Gasteiger charge is -2.19. The molecule has 19 heavy (non-hydrogen) atoms. The summed E-state index contributed by atoms with van der Waals surface area (Å²) in [6, 6.07) is 1.00. The number of hydroxylamine groups is 1. The van der Waals surface area contributed by atoms with E-state index >= 15 is 0 Å². The molecular formula is C11H12F2N2O4. The molecule has 1 aromatic carbocycles. The molecule has 0 aliphatic carbocycles. The molecule has 1 aromatic rings. The van der Waals surface area contributed by atoms with Gasteiger partial charge in [0.15, 0.2) is 11.6 Å². The molecule has 8 heteroatoms. The van der Waals surface area contributed by atoms with Gasteiger partial charge in [0.25, 0.3) is 11.8 Å². The van der Waals surface area contributed by atoms with Gasteiger partial charge in [0, 0.05) is 5.56 Å². The van der Waals surface area contributed by atoms with E-state index in [2.05, 4.69) is 5.32 Å². The number of aliphatic hydroxyl groups is 1. The minimum absolute atomic E-state index is 0.227. The van der Waals surface area contributed by atoms with E-state index in [-0.39, 0.29) is 5.56 Å². The number of hydrogen-bond donors (Lipinski definition) is 4. The van der Waals surface area contributed by atoms with Crippen molar-refractivity contribution in [2.45, 2.75) is 19.1 Å². The monoisotopic (exact) mass is 274 g/mol. The summed E-state index contributed by atoms with van der Waals surface area (Å²) < 4.78 is 25.6. The Morgan fingerprint density at radius 3 is 2.37 bits per heavy atom. The van der Waals surface area contributed by atoms with Crippen molar-refractivity contribution >= 4 is 11.8 Å². The predicted molar refractivity (Wildman–Crippen MR) is 59.2 cm³/mol. The van der Waals surface area contributed by atoms with Crippen LogP contribution in [0.25, 0.3) is 0 Å². The van der Waals surface area contributed by atoms with E-state index in [1.54, 1.807) is 0 Å². The number of carbonyl (C=O) groups excluding carboxylic acids is 2. The minimum atomic E-state index is -1.43. The molecule has 0 aliphatic heterocycles. The standard InChI is InChI=1S/C11H12F2N2O4/c1-5(16)9(11(18)15-19)14-10(17)6-2-3-7(12)8(13)4-6/h2-5,9,16,19H,1H3,(H,14,17)(H,15,18)/t5-,9+/m1/s1. The number of halogens is 2. The molecule has 4 N–H and O–H groups in total. The average molecular weight is 274 g/mol. The summed E-state index contributed by atoms with van der Waals surface area (Å²) in [4.78, 5) is 22.8. The molecule has 0 spiro atoms. The fraction of sp³-hybridized carbons (Fsp3) is 0.273. The third-order valence-corrected chi connectivity index (χ3v) is 2.34. The largest absolute Gasteiger partial charge is 0.391 e. The van der Waals surface area contributed by atoms with Crippen LogP contribution in [0.15, 0.2) is 18.2 Å². The van der Waals surface area contributed by atoms with Gasteiger partial charge in [-0.2, -0.15) is 0 Å². The molecule has 0 saturated carbocycles. The van der Waals surface area contributed by atoms with Gasteiger partial charge in [-0.05, 0) is 25.1 Å². The average Bonchev–Trinajstić information content (AvgIpc) is 2.37. The Labute approximate surface area is 107 Å². The molecule has 2 amide bonds. The number of carbonyl (C=O) groups is 2. The highest BCUT2D eigenvalue weighted by Gasteiger charge is 2.26. The van der Waals surface area contributed by atoms with Crippen LogP contribution < -0.4 is 10.8 Å². The maximum Gasteiger partial charge on any atom is 0.268 e. The molecule has 104 valence electrons. The molecule has 1 rings (SSSR count). The molecular weight excluding hydrogens is 262 g/mol. The molecule has 0 radical (unpaired) electrons. The van der Waals surface area contributed by atoms with Crippen LogP contribution in [0.5, 0.6) is 0 Å². The summed E-state index contributed by atoms with van der Waals surface area (Å²) in [5, 5.41) is 19.8. The summed E-state index contributed by atoms with van der Waals surface area (Å²) in [6.07, 6.45) is -1.29. The van der Waals surface area contributed by atoms with E-state index in [1.807, 2.05) is 0 Å². The lowest BCUT2D eigenvalue weighted by atomic mass is 10.1. The zero-order valence-electron chi connectivity index (χ0n) is 9.85. The van der Waals surface area contributed by atoms with Crippen LogP contribution in [0.4, 0.5) is 8.78 Å². The lowest BCUT2D eigenvalue weighted by Crippen LogP contribution is -2.51. The Hall–Kier alpha value is -2.06. The Balaban J connectivity index is 2.87. The maximum atomic E-state index is 12.9. The molecule has 0 bridgehead atoms. The van der Waals surface area contributed by atoms with E-state index in [9.17, 15) is 23.5 Å². The van der Waals surface area contributed by atoms with Gasteiger partial charge >= 0.3 is 0 Å². The van der Waals surface area contributed by atoms with Crippen molar-refractivity contribution in [3.05, 3.63) is 35.4 Å². The zero-order valence-corrected chi connectivity index (χ0v) is 9.85. The maximum absolute atomic E-state index is 12.9. The van der Waals surface area contributed by atoms with Crippen LogP contribution in [-0.4, -0.2) is 34.3 Å². The van der Waals surface area contributed by atoms with Gasteiger partial charge in [-0.3, -0.25) is 14.8 Å². The van der Waals surface area contributed by atoms with E-state index in [0.717, 1.165) is 12.1 Å². The third kappa shape index (κ3) is 3.70. The van der Waals surface area contributed by atoms with E-state index in [4.69, 9.17) is 5.21 Å². The molecule has 0 aromatic heterocycles. The van der Waals surface area contributed by atoms with Crippen LogP contribution in [0.3, 0.4) is 0 Å². The highest BCUT2D eigenvalue weighted by atomic mass is 19.2. The normalized spacial score (nSPS) is 13.5. The summed E-state index contributed by atoms with van der Waals surface area (Å²) in [7, 11) is 0. The van der Waals surface area contributed by atoms with Crippen LogP contribution >= 0.6 is 0 Å². The van der Waals surface area contributed by atoms with Gasteiger partial charge in [0.2, 0.25) is 0 Å². The van der Waals surface area contributed by atoms with E-state index in [1.165, 1.54) is 12.4 Å². The summed E-state index contributed by atoms with van der Waals surface area (Å²) in [5.41, 5.74) is 1.05. The van der Waals surface area contributed by atoms with Crippen LogP contribution in [-0.2, 0) is 4.79 Å². The first kappa shape index (κ1) is 15.0. The van der Waals surface area contributed by atoms with Crippen molar-refractivity contribution in [1.82, 2.24) is 10.8 Å². The quantitative estimate of drug-likeness (QED) is 0.457. The van der Waals surface area contributed by atoms with Gasteiger partial charge in [-0.15, -0.1) is 0 Å². The summed E-state index contributed by atoms with van der Waals surface area (Å²) >= 11 is 0. The Kier molecular flexibility index (Phi) is 4.90. The molecule has 0 heterocycles. The second-order valence-electron chi connectivity index (χ2n) is 3.80. The number of hydrogen-bond acceptors (Lipinski definition) is 4. The second kappa shape index (κ2) is 6.21. The van der Waals surface area contributed by atoms with E-state index < -0.39 is 35.6 Å². The minimum Gasteiger partial charge on any atom is -0.391 e. The SMILES string of the molecule is C[C@@H](O)[C@H](NC(=O)c1ccc(F)c(F)c1)C(=O)NO. The molecule has 0 saturated heterocycles. The van der Waals surface area contributed by atoms with Crippen molar-refractivity contribution in [1.29, 1.82) is 0 Å². The highest BCUT2D eigenvalue weighted by molar-refractivity contribution is 5.97. The van der Waals surface area contributed by atoms with Gasteiger partial charge in [-0.1, -0.05) is 0 Å². The first-order chi connectivity index (χ1) is 8.86. The van der Waals surface area contributed by atoms with Gasteiger partial charge in [0.05, 0.1) is 6.10 Å². The van der Waals surface area contributed by atoms with Gasteiger partial charge < -0.3 is 10.4 Å². The first-order valence-corrected chi connectivity index (χ1v) is 5.24. The number of nitrogens with one attached hydrogen (secondary N) is 2. The number of rotatable bonds is 4. The molecule has 0 aliphatic rings. The van der Waals surface area contributed by atoms with Crippen LogP contribution in [0, 0.1) is 11.6 Å². The zero-order chi connectivity index (χ0) is 14.6. The third-order valence-electron chi connectivity index (χ3n) is 2.34. The second-order valence-corrected chi connectivity index (χ2v) is 3.80. The van der Waals surface area contributed by atoms with Gasteiger partial charge in [0.1, 0.15) is 6.04 Å². The Morgan fingerprint density at radius 2 is 1.89 bits per heavy atom. The Bertz CT molecular complexity index is 494. The summed E-state index contributed by atoms with van der Waals surface area (Å²) in [6.45, 7) is 1.21. The van der Waals surface area contributed by atoms with E-state index in [0.29, 0.717) is 6.07 Å². The summed E-state index contributed by atoms with van der Waals surface area (Å²) in [5.74, 6) is -4.26. The van der Waals surface area contributed by atoms with Gasteiger partial charge in [-0.25, -0.2) is 14.3 Å². The van der Waals surface area contributed by atoms with Crippen LogP contribution in [0.1, 0.15) is 17.3 Å². The predicted octanol–water partition coefficient (Wildman–Crippen LogP) is -0.0506. The van der Waals surface area contributed by atoms with Crippen molar-refractivity contribution < 1.29 is 28.7 Å². The number of benzene rings is 1. The lowest BCUT2D eigenvalue weighted by molar-refractivity contribution is -0.133. The fourth-order valence-corrected chi connectivity index (χ4v) is 1.34. The van der Waals surface area contributed by atoms with Crippen LogP contribution in [0.2, 0.25) is 0 Å². The topological polar surface area (TPSA) is 98.7 Å².